The molecule has 0 radical (unpaired) electrons. The fourth-order valence-corrected chi connectivity index (χ4v) is 3.04. The molecule has 0 aliphatic rings. The van der Waals surface area contributed by atoms with Crippen molar-refractivity contribution < 1.29 is 4.79 Å². The Kier molecular flexibility index (Phi) is 5.18. The van der Waals surface area contributed by atoms with Crippen molar-refractivity contribution >= 4 is 23.0 Å². The van der Waals surface area contributed by atoms with Gasteiger partial charge in [0.15, 0.2) is 0 Å². The Bertz CT molecular complexity index is 1030. The number of nitriles is 1. The van der Waals surface area contributed by atoms with Crippen LogP contribution in [0.5, 0.6) is 0 Å². The highest BCUT2D eigenvalue weighted by Gasteiger charge is 2.11. The zero-order valence-corrected chi connectivity index (χ0v) is 15.5. The van der Waals surface area contributed by atoms with Crippen LogP contribution in [0.15, 0.2) is 54.9 Å². The number of pyridine rings is 1. The number of rotatable bonds is 4. The van der Waals surface area contributed by atoms with Crippen LogP contribution in [-0.2, 0) is 0 Å². The van der Waals surface area contributed by atoms with Crippen LogP contribution < -0.4 is 10.6 Å². The van der Waals surface area contributed by atoms with E-state index in [4.69, 9.17) is 5.26 Å². The van der Waals surface area contributed by atoms with E-state index in [9.17, 15) is 4.79 Å². The van der Waals surface area contributed by atoms with E-state index in [2.05, 4.69) is 40.7 Å². The van der Waals surface area contributed by atoms with Crippen LogP contribution in [0.4, 0.5) is 17.1 Å². The van der Waals surface area contributed by atoms with E-state index < -0.39 is 0 Å². The molecule has 0 fully saturated rings. The maximum absolute atomic E-state index is 12.6. The Hall–Kier alpha value is -3.65. The molecule has 0 aliphatic carbocycles. The summed E-state index contributed by atoms with van der Waals surface area (Å²) < 4.78 is 0. The fraction of sp³-hybridized carbons (Fsp3) is 0.136. The lowest BCUT2D eigenvalue weighted by Gasteiger charge is -2.14. The molecule has 27 heavy (non-hydrogen) atoms. The van der Waals surface area contributed by atoms with Crippen LogP contribution in [0.1, 0.15) is 32.6 Å². The van der Waals surface area contributed by atoms with Crippen molar-refractivity contribution in [1.82, 2.24) is 4.98 Å². The Morgan fingerprint density at radius 2 is 1.74 bits per heavy atom. The van der Waals surface area contributed by atoms with Crippen LogP contribution in [-0.4, -0.2) is 10.9 Å². The molecule has 5 heteroatoms. The van der Waals surface area contributed by atoms with Crippen molar-refractivity contribution in [1.29, 1.82) is 5.26 Å². The summed E-state index contributed by atoms with van der Waals surface area (Å²) in [6.07, 6.45) is 3.18. The molecule has 1 aromatic heterocycles. The molecule has 0 unspecified atom stereocenters. The predicted molar refractivity (Wildman–Crippen MR) is 107 cm³/mol. The number of aromatic nitrogens is 1. The third kappa shape index (κ3) is 4.13. The Morgan fingerprint density at radius 1 is 1.04 bits per heavy atom. The third-order valence-electron chi connectivity index (χ3n) is 4.24. The monoisotopic (exact) mass is 356 g/mol. The van der Waals surface area contributed by atoms with E-state index in [-0.39, 0.29) is 5.91 Å². The molecule has 1 amide bonds. The molecule has 0 aliphatic heterocycles. The van der Waals surface area contributed by atoms with Gasteiger partial charge in [-0.05, 0) is 50.1 Å². The van der Waals surface area contributed by atoms with Crippen LogP contribution in [0, 0.1) is 32.1 Å². The second kappa shape index (κ2) is 7.71. The maximum Gasteiger partial charge on any atom is 0.257 e. The van der Waals surface area contributed by atoms with Gasteiger partial charge in [0.25, 0.3) is 5.91 Å². The van der Waals surface area contributed by atoms with Gasteiger partial charge in [-0.1, -0.05) is 29.8 Å². The number of hydrogen-bond donors (Lipinski definition) is 2. The molecular weight excluding hydrogens is 336 g/mol. The van der Waals surface area contributed by atoms with Crippen molar-refractivity contribution in [3.8, 4) is 6.07 Å². The van der Waals surface area contributed by atoms with Crippen molar-refractivity contribution in [2.75, 3.05) is 10.6 Å². The number of benzene rings is 2. The van der Waals surface area contributed by atoms with E-state index >= 15 is 0 Å². The first-order chi connectivity index (χ1) is 13.0. The number of hydrogen-bond acceptors (Lipinski definition) is 4. The van der Waals surface area contributed by atoms with Crippen LogP contribution in [0.25, 0.3) is 0 Å². The van der Waals surface area contributed by atoms with Gasteiger partial charge in [0.2, 0.25) is 0 Å². The van der Waals surface area contributed by atoms with E-state index in [1.165, 1.54) is 11.8 Å². The molecule has 0 bridgehead atoms. The normalized spacial score (nSPS) is 10.1. The first kappa shape index (κ1) is 18.2. The lowest BCUT2D eigenvalue weighted by Crippen LogP contribution is -2.13. The van der Waals surface area contributed by atoms with E-state index in [1.807, 2.05) is 13.8 Å². The SMILES string of the molecule is Cc1cc(C)c(Nc2cncc(C(=O)Nc3ccccc3C#N)c2)c(C)c1. The summed E-state index contributed by atoms with van der Waals surface area (Å²) in [7, 11) is 0. The molecular formula is C22H20N4O. The van der Waals surface area contributed by atoms with Gasteiger partial charge in [-0.15, -0.1) is 0 Å². The van der Waals surface area contributed by atoms with Gasteiger partial charge < -0.3 is 10.6 Å². The van der Waals surface area contributed by atoms with E-state index in [0.717, 1.165) is 22.5 Å². The molecule has 0 saturated carbocycles. The first-order valence-electron chi connectivity index (χ1n) is 8.58. The first-order valence-corrected chi connectivity index (χ1v) is 8.58. The van der Waals surface area contributed by atoms with Gasteiger partial charge in [0.05, 0.1) is 28.7 Å². The van der Waals surface area contributed by atoms with Crippen LogP contribution >= 0.6 is 0 Å². The third-order valence-corrected chi connectivity index (χ3v) is 4.24. The molecule has 0 atom stereocenters. The Morgan fingerprint density at radius 3 is 2.44 bits per heavy atom. The number of carbonyl (C=O) groups is 1. The number of nitrogens with zero attached hydrogens (tertiary/aromatic N) is 2. The molecule has 0 saturated heterocycles. The van der Waals surface area contributed by atoms with E-state index in [0.29, 0.717) is 16.8 Å². The molecule has 0 spiro atoms. The molecule has 134 valence electrons. The van der Waals surface area contributed by atoms with Gasteiger partial charge in [-0.2, -0.15) is 5.26 Å². The molecule has 3 rings (SSSR count). The summed E-state index contributed by atoms with van der Waals surface area (Å²) in [5.74, 6) is -0.314. The maximum atomic E-state index is 12.6. The zero-order chi connectivity index (χ0) is 19.4. The molecule has 2 N–H and O–H groups in total. The highest BCUT2D eigenvalue weighted by Crippen LogP contribution is 2.26. The minimum atomic E-state index is -0.314. The summed E-state index contributed by atoms with van der Waals surface area (Å²) in [5, 5.41) is 15.3. The van der Waals surface area contributed by atoms with Crippen molar-refractivity contribution in [2.24, 2.45) is 0 Å². The number of amides is 1. The van der Waals surface area contributed by atoms with Crippen molar-refractivity contribution in [3.05, 3.63) is 82.7 Å². The quantitative estimate of drug-likeness (QED) is 0.699. The summed E-state index contributed by atoms with van der Waals surface area (Å²) in [6.45, 7) is 6.16. The summed E-state index contributed by atoms with van der Waals surface area (Å²) in [5.41, 5.74) is 6.51. The zero-order valence-electron chi connectivity index (χ0n) is 15.5. The van der Waals surface area contributed by atoms with Gasteiger partial charge in [-0.3, -0.25) is 9.78 Å². The minimum absolute atomic E-state index is 0.314. The number of nitrogens with one attached hydrogen (secondary N) is 2. The van der Waals surface area contributed by atoms with Gasteiger partial charge in [0.1, 0.15) is 6.07 Å². The predicted octanol–water partition coefficient (Wildman–Crippen LogP) is 4.87. The van der Waals surface area contributed by atoms with E-state index in [1.54, 1.807) is 36.5 Å². The van der Waals surface area contributed by atoms with Gasteiger partial charge in [-0.25, -0.2) is 0 Å². The number of para-hydroxylation sites is 1. The lowest BCUT2D eigenvalue weighted by molar-refractivity contribution is 0.102. The largest absolute Gasteiger partial charge is 0.354 e. The molecule has 1 heterocycles. The molecule has 2 aromatic carbocycles. The fourth-order valence-electron chi connectivity index (χ4n) is 3.04. The van der Waals surface area contributed by atoms with Gasteiger partial charge in [0, 0.05) is 11.9 Å². The number of aryl methyl sites for hydroxylation is 3. The lowest BCUT2D eigenvalue weighted by atomic mass is 10.0. The highest BCUT2D eigenvalue weighted by atomic mass is 16.1. The number of carbonyl (C=O) groups excluding carboxylic acids is 1. The molecule has 5 nitrogen and oxygen atoms in total. The standard InChI is InChI=1S/C22H20N4O/c1-14-8-15(2)21(16(3)9-14)25-19-10-18(12-24-13-19)22(27)26-20-7-5-4-6-17(20)11-23/h4-10,12-13,25H,1-3H3,(H,26,27). The summed E-state index contributed by atoms with van der Waals surface area (Å²) >= 11 is 0. The topological polar surface area (TPSA) is 77.8 Å². The average Bonchev–Trinajstić information content (AvgIpc) is 2.65. The second-order valence-corrected chi connectivity index (χ2v) is 6.47. The summed E-state index contributed by atoms with van der Waals surface area (Å²) in [6, 6.07) is 14.9. The smallest absolute Gasteiger partial charge is 0.257 e. The van der Waals surface area contributed by atoms with Crippen LogP contribution in [0.2, 0.25) is 0 Å². The summed E-state index contributed by atoms with van der Waals surface area (Å²) in [4.78, 5) is 16.8. The Labute approximate surface area is 158 Å². The van der Waals surface area contributed by atoms with Gasteiger partial charge >= 0.3 is 0 Å². The van der Waals surface area contributed by atoms with Crippen LogP contribution in [0.3, 0.4) is 0 Å². The second-order valence-electron chi connectivity index (χ2n) is 6.47. The Balaban J connectivity index is 1.84. The number of anilines is 3. The molecule has 3 aromatic rings. The minimum Gasteiger partial charge on any atom is -0.354 e. The van der Waals surface area contributed by atoms with Crippen molar-refractivity contribution in [3.63, 3.8) is 0 Å². The average molecular weight is 356 g/mol. The van der Waals surface area contributed by atoms with Crippen molar-refractivity contribution in [2.45, 2.75) is 20.8 Å². The highest BCUT2D eigenvalue weighted by molar-refractivity contribution is 6.05.